The first kappa shape index (κ1) is 7.75. The van der Waals surface area contributed by atoms with Crippen molar-refractivity contribution in [1.29, 1.82) is 0 Å². The number of hydrogen-bond acceptors (Lipinski definition) is 3. The highest BCUT2D eigenvalue weighted by Crippen LogP contribution is 2.13. The second-order valence-corrected chi connectivity index (χ2v) is 2.82. The Morgan fingerprint density at radius 3 is 2.80 bits per heavy atom. The van der Waals surface area contributed by atoms with Crippen LogP contribution in [0.1, 0.15) is 12.8 Å². The number of halogens is 1. The molecule has 0 amide bonds. The molecule has 1 rings (SSSR count). The molecule has 1 aliphatic heterocycles. The van der Waals surface area contributed by atoms with Crippen LogP contribution in [0.2, 0.25) is 0 Å². The quantitative estimate of drug-likeness (QED) is 0.267. The minimum absolute atomic E-state index is 0.316. The first-order chi connectivity index (χ1) is 4.72. The molecule has 0 aromatic carbocycles. The third-order valence-electron chi connectivity index (χ3n) is 1.62. The van der Waals surface area contributed by atoms with Gasteiger partial charge in [-0.2, -0.15) is 0 Å². The molecule has 1 aliphatic rings. The molecule has 1 N–H and O–H groups in total. The molecule has 58 valence electrons. The van der Waals surface area contributed by atoms with Gasteiger partial charge in [-0.3, -0.25) is 15.4 Å². The van der Waals surface area contributed by atoms with E-state index < -0.39 is 11.5 Å². The van der Waals surface area contributed by atoms with E-state index in [2.05, 4.69) is 5.32 Å². The van der Waals surface area contributed by atoms with Gasteiger partial charge in [-0.15, -0.1) is 0 Å². The summed E-state index contributed by atoms with van der Waals surface area (Å²) in [4.78, 5) is 9.93. The summed E-state index contributed by atoms with van der Waals surface area (Å²) in [5, 5.41) is 13.1. The molecule has 0 aromatic heterocycles. The summed E-state index contributed by atoms with van der Waals surface area (Å²) in [6.07, 6.45) is 1.43. The summed E-state index contributed by atoms with van der Waals surface area (Å²) in [6, 6.07) is -0.601. The molecule has 2 atom stereocenters. The number of hydrogen-bond donors (Lipinski definition) is 1. The van der Waals surface area contributed by atoms with Crippen LogP contribution in [0.3, 0.4) is 0 Å². The lowest BCUT2D eigenvalue weighted by molar-refractivity contribution is -0.525. The standard InChI is InChI=1S/C5H9ClN2O2/c6-5-4(8(9)10)2-1-3-7-5/h4-5,7H,1-3H2. The fourth-order valence-electron chi connectivity index (χ4n) is 1.05. The van der Waals surface area contributed by atoms with Crippen LogP contribution in [0.4, 0.5) is 0 Å². The van der Waals surface area contributed by atoms with E-state index in [4.69, 9.17) is 11.6 Å². The molecule has 1 fully saturated rings. The lowest BCUT2D eigenvalue weighted by atomic mass is 10.1. The Labute approximate surface area is 63.7 Å². The highest BCUT2D eigenvalue weighted by atomic mass is 35.5. The first-order valence-electron chi connectivity index (χ1n) is 3.23. The van der Waals surface area contributed by atoms with Crippen molar-refractivity contribution in [1.82, 2.24) is 5.32 Å². The highest BCUT2D eigenvalue weighted by Gasteiger charge is 2.31. The van der Waals surface area contributed by atoms with Gasteiger partial charge in [0.25, 0.3) is 0 Å². The summed E-state index contributed by atoms with van der Waals surface area (Å²) >= 11 is 5.62. The van der Waals surface area contributed by atoms with Crippen molar-refractivity contribution in [3.63, 3.8) is 0 Å². The molecule has 1 heterocycles. The third kappa shape index (κ3) is 1.58. The van der Waals surface area contributed by atoms with Gasteiger partial charge in [-0.1, -0.05) is 11.6 Å². The smallest absolute Gasteiger partial charge is 0.242 e. The van der Waals surface area contributed by atoms with Gasteiger partial charge in [-0.05, 0) is 13.0 Å². The van der Waals surface area contributed by atoms with Gasteiger partial charge in [0.05, 0.1) is 0 Å². The average molecular weight is 165 g/mol. The van der Waals surface area contributed by atoms with Crippen LogP contribution in [-0.4, -0.2) is 23.0 Å². The van der Waals surface area contributed by atoms with E-state index in [9.17, 15) is 10.1 Å². The predicted molar refractivity (Wildman–Crippen MR) is 37.7 cm³/mol. The molecule has 0 radical (unpaired) electrons. The van der Waals surface area contributed by atoms with Crippen molar-refractivity contribution in [3.05, 3.63) is 10.1 Å². The monoisotopic (exact) mass is 164 g/mol. The molecule has 0 saturated carbocycles. The normalized spacial score (nSPS) is 33.7. The lowest BCUT2D eigenvalue weighted by Crippen LogP contribution is -2.44. The fourth-order valence-corrected chi connectivity index (χ4v) is 1.37. The Bertz CT molecular complexity index is 142. The summed E-state index contributed by atoms with van der Waals surface area (Å²) in [6.45, 7) is 0.790. The second-order valence-electron chi connectivity index (χ2n) is 2.35. The number of nitro groups is 1. The van der Waals surface area contributed by atoms with Crippen LogP contribution in [0, 0.1) is 10.1 Å². The topological polar surface area (TPSA) is 55.2 Å². The van der Waals surface area contributed by atoms with E-state index in [0.717, 1.165) is 13.0 Å². The fraction of sp³-hybridized carbons (Fsp3) is 1.00. The van der Waals surface area contributed by atoms with Crippen LogP contribution in [0.25, 0.3) is 0 Å². The largest absolute Gasteiger partial charge is 0.296 e. The Hall–Kier alpha value is -0.350. The SMILES string of the molecule is O=[N+]([O-])C1CCCNC1Cl. The number of nitrogens with zero attached hydrogens (tertiary/aromatic N) is 1. The predicted octanol–water partition coefficient (Wildman–Crippen LogP) is 0.580. The van der Waals surface area contributed by atoms with E-state index in [-0.39, 0.29) is 4.92 Å². The Balaban J connectivity index is 2.47. The second kappa shape index (κ2) is 3.16. The third-order valence-corrected chi connectivity index (χ3v) is 2.07. The maximum absolute atomic E-state index is 10.2. The molecular formula is C5H9ClN2O2. The zero-order chi connectivity index (χ0) is 7.56. The van der Waals surface area contributed by atoms with E-state index >= 15 is 0 Å². The summed E-state index contributed by atoms with van der Waals surface area (Å²) < 4.78 is 0. The Morgan fingerprint density at radius 2 is 2.40 bits per heavy atom. The van der Waals surface area contributed by atoms with Gasteiger partial charge in [-0.25, -0.2) is 0 Å². The molecule has 2 unspecified atom stereocenters. The molecular weight excluding hydrogens is 156 g/mol. The van der Waals surface area contributed by atoms with Gasteiger partial charge >= 0.3 is 0 Å². The van der Waals surface area contributed by atoms with Crippen LogP contribution >= 0.6 is 11.6 Å². The van der Waals surface area contributed by atoms with E-state index in [1.54, 1.807) is 0 Å². The van der Waals surface area contributed by atoms with Crippen molar-refractivity contribution in [3.8, 4) is 0 Å². The number of nitrogens with one attached hydrogen (secondary N) is 1. The maximum Gasteiger partial charge on any atom is 0.242 e. The number of piperidine rings is 1. The zero-order valence-corrected chi connectivity index (χ0v) is 6.17. The Kier molecular flexibility index (Phi) is 2.45. The van der Waals surface area contributed by atoms with Gasteiger partial charge in [0.2, 0.25) is 6.04 Å². The average Bonchev–Trinajstić information content (AvgIpc) is 1.88. The van der Waals surface area contributed by atoms with Crippen molar-refractivity contribution in [2.75, 3.05) is 6.54 Å². The number of alkyl halides is 1. The summed E-state index contributed by atoms with van der Waals surface area (Å²) in [5.41, 5.74) is -0.483. The highest BCUT2D eigenvalue weighted by molar-refractivity contribution is 6.20. The van der Waals surface area contributed by atoms with Gasteiger partial charge < -0.3 is 0 Å². The Morgan fingerprint density at radius 1 is 1.70 bits per heavy atom. The molecule has 0 spiro atoms. The lowest BCUT2D eigenvalue weighted by Gasteiger charge is -2.21. The van der Waals surface area contributed by atoms with Crippen molar-refractivity contribution < 1.29 is 4.92 Å². The summed E-state index contributed by atoms with van der Waals surface area (Å²) in [7, 11) is 0. The van der Waals surface area contributed by atoms with Gasteiger partial charge in [0.1, 0.15) is 0 Å². The van der Waals surface area contributed by atoms with Crippen molar-refractivity contribution in [2.45, 2.75) is 24.4 Å². The molecule has 5 heteroatoms. The minimum atomic E-state index is -0.601. The van der Waals surface area contributed by atoms with Crippen LogP contribution in [0.15, 0.2) is 0 Å². The minimum Gasteiger partial charge on any atom is -0.296 e. The number of rotatable bonds is 1. The molecule has 0 aromatic rings. The van der Waals surface area contributed by atoms with Crippen LogP contribution in [-0.2, 0) is 0 Å². The molecule has 1 saturated heterocycles. The van der Waals surface area contributed by atoms with Crippen molar-refractivity contribution >= 4 is 11.6 Å². The van der Waals surface area contributed by atoms with E-state index in [1.807, 2.05) is 0 Å². The molecule has 0 aliphatic carbocycles. The van der Waals surface area contributed by atoms with Crippen LogP contribution < -0.4 is 5.32 Å². The van der Waals surface area contributed by atoms with E-state index in [0.29, 0.717) is 6.42 Å². The first-order valence-corrected chi connectivity index (χ1v) is 3.66. The van der Waals surface area contributed by atoms with E-state index in [1.165, 1.54) is 0 Å². The van der Waals surface area contributed by atoms with Crippen molar-refractivity contribution in [2.24, 2.45) is 0 Å². The van der Waals surface area contributed by atoms with Gasteiger partial charge in [0, 0.05) is 11.3 Å². The molecule has 10 heavy (non-hydrogen) atoms. The maximum atomic E-state index is 10.2. The molecule has 0 bridgehead atoms. The zero-order valence-electron chi connectivity index (χ0n) is 5.42. The van der Waals surface area contributed by atoms with Crippen LogP contribution in [0.5, 0.6) is 0 Å². The summed E-state index contributed by atoms with van der Waals surface area (Å²) in [5.74, 6) is 0. The van der Waals surface area contributed by atoms with Gasteiger partial charge in [0.15, 0.2) is 5.50 Å². The molecule has 4 nitrogen and oxygen atoms in total.